The van der Waals surface area contributed by atoms with Crippen molar-refractivity contribution in [2.24, 2.45) is 11.8 Å². The molecule has 3 atom stereocenters. The fourth-order valence-electron chi connectivity index (χ4n) is 2.62. The summed E-state index contributed by atoms with van der Waals surface area (Å²) in [6, 6.07) is 2.51. The van der Waals surface area contributed by atoms with Crippen molar-refractivity contribution in [1.29, 1.82) is 0 Å². The molecule has 16 heavy (non-hydrogen) atoms. The zero-order valence-corrected chi connectivity index (χ0v) is 10.1. The van der Waals surface area contributed by atoms with Gasteiger partial charge in [-0.05, 0) is 37.2 Å². The van der Waals surface area contributed by atoms with E-state index in [1.165, 1.54) is 19.3 Å². The van der Waals surface area contributed by atoms with Gasteiger partial charge in [-0.2, -0.15) is 0 Å². The molecular weight excluding hydrogens is 198 g/mol. The maximum absolute atomic E-state index is 5.89. The van der Waals surface area contributed by atoms with Gasteiger partial charge in [0.2, 0.25) is 0 Å². The van der Waals surface area contributed by atoms with Gasteiger partial charge >= 0.3 is 0 Å². The van der Waals surface area contributed by atoms with Crippen LogP contribution in [0.1, 0.15) is 33.1 Å². The summed E-state index contributed by atoms with van der Waals surface area (Å²) < 4.78 is 0. The van der Waals surface area contributed by atoms with Crippen LogP contribution in [0.25, 0.3) is 0 Å². The fourth-order valence-corrected chi connectivity index (χ4v) is 2.62. The molecule has 1 aliphatic carbocycles. The summed E-state index contributed by atoms with van der Waals surface area (Å²) in [7, 11) is 0. The monoisotopic (exact) mass is 219 g/mol. The number of anilines is 2. The van der Waals surface area contributed by atoms with Crippen molar-refractivity contribution in [2.45, 2.75) is 39.2 Å². The summed E-state index contributed by atoms with van der Waals surface area (Å²) in [5.41, 5.74) is 7.66. The van der Waals surface area contributed by atoms with Gasteiger partial charge < -0.3 is 11.1 Å². The average Bonchev–Trinajstić information content (AvgIpc) is 2.25. The molecule has 1 aromatic heterocycles. The van der Waals surface area contributed by atoms with Crippen LogP contribution < -0.4 is 11.1 Å². The third-order valence-corrected chi connectivity index (χ3v) is 3.62. The summed E-state index contributed by atoms with van der Waals surface area (Å²) in [5, 5.41) is 3.55. The SMILES string of the molecule is CC1CCC(Nc2ccncc2N)C(C)C1. The quantitative estimate of drug-likeness (QED) is 0.804. The van der Waals surface area contributed by atoms with Crippen molar-refractivity contribution in [3.05, 3.63) is 18.5 Å². The maximum Gasteiger partial charge on any atom is 0.0736 e. The molecule has 1 saturated carbocycles. The normalized spacial score (nSPS) is 30.0. The Morgan fingerprint density at radius 1 is 1.38 bits per heavy atom. The molecule has 0 aromatic carbocycles. The highest BCUT2D eigenvalue weighted by molar-refractivity contribution is 5.64. The van der Waals surface area contributed by atoms with Gasteiger partial charge in [-0.15, -0.1) is 0 Å². The highest BCUT2D eigenvalue weighted by Crippen LogP contribution is 2.31. The van der Waals surface area contributed by atoms with Crippen LogP contribution in [0, 0.1) is 11.8 Å². The molecule has 3 nitrogen and oxygen atoms in total. The van der Waals surface area contributed by atoms with Gasteiger partial charge in [0, 0.05) is 12.2 Å². The number of hydrogen-bond donors (Lipinski definition) is 2. The zero-order chi connectivity index (χ0) is 11.5. The van der Waals surface area contributed by atoms with Crippen LogP contribution >= 0.6 is 0 Å². The Hall–Kier alpha value is -1.25. The molecule has 0 aliphatic heterocycles. The first-order valence-corrected chi connectivity index (χ1v) is 6.13. The predicted octanol–water partition coefficient (Wildman–Crippen LogP) is 2.90. The van der Waals surface area contributed by atoms with Crippen molar-refractivity contribution in [3.8, 4) is 0 Å². The van der Waals surface area contributed by atoms with Gasteiger partial charge in [-0.1, -0.05) is 13.8 Å². The lowest BCUT2D eigenvalue weighted by atomic mass is 9.80. The van der Waals surface area contributed by atoms with Gasteiger partial charge in [0.25, 0.3) is 0 Å². The highest BCUT2D eigenvalue weighted by atomic mass is 15.0. The van der Waals surface area contributed by atoms with Gasteiger partial charge in [-0.3, -0.25) is 4.98 Å². The van der Waals surface area contributed by atoms with E-state index in [0.717, 1.165) is 23.2 Å². The number of nitrogens with one attached hydrogen (secondary N) is 1. The van der Waals surface area contributed by atoms with E-state index in [4.69, 9.17) is 5.73 Å². The van der Waals surface area contributed by atoms with Crippen molar-refractivity contribution in [1.82, 2.24) is 4.98 Å². The standard InChI is InChI=1S/C13H21N3/c1-9-3-4-12(10(2)7-9)16-13-5-6-15-8-11(13)14/h5-6,8-10,12H,3-4,7,14H2,1-2H3,(H,15,16). The molecule has 0 spiro atoms. The lowest BCUT2D eigenvalue weighted by molar-refractivity contribution is 0.276. The van der Waals surface area contributed by atoms with Crippen molar-refractivity contribution in [3.63, 3.8) is 0 Å². The second-order valence-corrected chi connectivity index (χ2v) is 5.11. The summed E-state index contributed by atoms with van der Waals surface area (Å²) in [6.45, 7) is 4.66. The Balaban J connectivity index is 2.02. The summed E-state index contributed by atoms with van der Waals surface area (Å²) in [6.07, 6.45) is 7.35. The van der Waals surface area contributed by atoms with Crippen LogP contribution in [-0.4, -0.2) is 11.0 Å². The van der Waals surface area contributed by atoms with E-state index >= 15 is 0 Å². The van der Waals surface area contributed by atoms with Crippen molar-refractivity contribution < 1.29 is 0 Å². The summed E-state index contributed by atoms with van der Waals surface area (Å²) in [4.78, 5) is 4.00. The molecule has 1 heterocycles. The number of rotatable bonds is 2. The van der Waals surface area contributed by atoms with E-state index in [2.05, 4.69) is 24.1 Å². The van der Waals surface area contributed by atoms with Gasteiger partial charge in [0.15, 0.2) is 0 Å². The maximum atomic E-state index is 5.89. The molecule has 0 bridgehead atoms. The minimum absolute atomic E-state index is 0.556. The first kappa shape index (κ1) is 11.2. The summed E-state index contributed by atoms with van der Waals surface area (Å²) in [5.74, 6) is 1.58. The lowest BCUT2D eigenvalue weighted by Gasteiger charge is -2.34. The minimum Gasteiger partial charge on any atom is -0.396 e. The third kappa shape index (κ3) is 2.46. The van der Waals surface area contributed by atoms with Gasteiger partial charge in [0.05, 0.1) is 17.6 Å². The molecule has 1 aliphatic rings. The summed E-state index contributed by atoms with van der Waals surface area (Å²) >= 11 is 0. The molecule has 2 rings (SSSR count). The third-order valence-electron chi connectivity index (χ3n) is 3.62. The lowest BCUT2D eigenvalue weighted by Crippen LogP contribution is -2.33. The van der Waals surface area contributed by atoms with E-state index < -0.39 is 0 Å². The number of nitrogen functional groups attached to an aromatic ring is 1. The average molecular weight is 219 g/mol. The van der Waals surface area contributed by atoms with Crippen LogP contribution in [0.5, 0.6) is 0 Å². The van der Waals surface area contributed by atoms with Gasteiger partial charge in [-0.25, -0.2) is 0 Å². The molecule has 0 saturated heterocycles. The highest BCUT2D eigenvalue weighted by Gasteiger charge is 2.25. The Bertz CT molecular complexity index is 351. The number of pyridine rings is 1. The van der Waals surface area contributed by atoms with Crippen molar-refractivity contribution in [2.75, 3.05) is 11.1 Å². The Labute approximate surface area is 97.5 Å². The molecular formula is C13H21N3. The smallest absolute Gasteiger partial charge is 0.0736 e. The van der Waals surface area contributed by atoms with Crippen molar-refractivity contribution >= 4 is 11.4 Å². The zero-order valence-electron chi connectivity index (χ0n) is 10.1. The van der Waals surface area contributed by atoms with Crippen LogP contribution in [0.3, 0.4) is 0 Å². The van der Waals surface area contributed by atoms with E-state index in [9.17, 15) is 0 Å². The minimum atomic E-state index is 0.556. The van der Waals surface area contributed by atoms with Crippen LogP contribution in [0.15, 0.2) is 18.5 Å². The molecule has 1 fully saturated rings. The van der Waals surface area contributed by atoms with Gasteiger partial charge in [0.1, 0.15) is 0 Å². The molecule has 0 radical (unpaired) electrons. The van der Waals surface area contributed by atoms with Crippen LogP contribution in [0.4, 0.5) is 11.4 Å². The number of nitrogens with two attached hydrogens (primary N) is 1. The Morgan fingerprint density at radius 3 is 2.88 bits per heavy atom. The number of nitrogens with zero attached hydrogens (tertiary/aromatic N) is 1. The van der Waals surface area contributed by atoms with E-state index in [1.54, 1.807) is 12.4 Å². The first-order valence-electron chi connectivity index (χ1n) is 6.13. The number of hydrogen-bond acceptors (Lipinski definition) is 3. The number of aromatic nitrogens is 1. The predicted molar refractivity (Wildman–Crippen MR) is 68.2 cm³/mol. The van der Waals surface area contributed by atoms with E-state index in [-0.39, 0.29) is 0 Å². The first-order chi connectivity index (χ1) is 7.66. The largest absolute Gasteiger partial charge is 0.396 e. The van der Waals surface area contributed by atoms with Crippen LogP contribution in [0.2, 0.25) is 0 Å². The second kappa shape index (κ2) is 4.73. The van der Waals surface area contributed by atoms with E-state index in [0.29, 0.717) is 6.04 Å². The molecule has 3 N–H and O–H groups in total. The molecule has 3 heteroatoms. The molecule has 0 amide bonds. The second-order valence-electron chi connectivity index (χ2n) is 5.11. The topological polar surface area (TPSA) is 50.9 Å². The molecule has 3 unspecified atom stereocenters. The Kier molecular flexibility index (Phi) is 3.32. The fraction of sp³-hybridized carbons (Fsp3) is 0.615. The van der Waals surface area contributed by atoms with E-state index in [1.807, 2.05) is 6.07 Å². The van der Waals surface area contributed by atoms with Crippen LogP contribution in [-0.2, 0) is 0 Å². The molecule has 1 aromatic rings. The molecule has 88 valence electrons. The Morgan fingerprint density at radius 2 is 2.19 bits per heavy atom.